The molecule has 0 radical (unpaired) electrons. The van der Waals surface area contributed by atoms with Gasteiger partial charge in [-0.1, -0.05) is 6.42 Å². The highest BCUT2D eigenvalue weighted by atomic mass is 16.5. The fourth-order valence-electron chi connectivity index (χ4n) is 3.35. The summed E-state index contributed by atoms with van der Waals surface area (Å²) in [5, 5.41) is 0.567. The second-order valence-electron chi connectivity index (χ2n) is 6.24. The first-order valence-electron chi connectivity index (χ1n) is 8.49. The number of aryl methyl sites for hydroxylation is 1. The van der Waals surface area contributed by atoms with Crippen LogP contribution in [0.15, 0.2) is 16.9 Å². The third-order valence-corrected chi connectivity index (χ3v) is 4.74. The van der Waals surface area contributed by atoms with Crippen molar-refractivity contribution in [3.05, 3.63) is 28.3 Å². The van der Waals surface area contributed by atoms with Crippen LogP contribution in [0.2, 0.25) is 0 Å². The molecule has 1 fully saturated rings. The van der Waals surface area contributed by atoms with E-state index in [1.165, 1.54) is 19.3 Å². The quantitative estimate of drug-likeness (QED) is 0.841. The van der Waals surface area contributed by atoms with E-state index < -0.39 is 0 Å². The number of hydrogen-bond donors (Lipinski definition) is 0. The Morgan fingerprint density at radius 2 is 1.71 bits per heavy atom. The highest BCUT2D eigenvalue weighted by molar-refractivity contribution is 5.82. The third kappa shape index (κ3) is 3.24. The van der Waals surface area contributed by atoms with Gasteiger partial charge in [0.2, 0.25) is 0 Å². The average molecular weight is 331 g/mol. The highest BCUT2D eigenvalue weighted by Gasteiger charge is 2.15. The van der Waals surface area contributed by atoms with Gasteiger partial charge in [0.15, 0.2) is 11.5 Å². The van der Waals surface area contributed by atoms with Crippen molar-refractivity contribution < 1.29 is 9.47 Å². The average Bonchev–Trinajstić information content (AvgIpc) is 2.61. The minimum atomic E-state index is -0.0181. The van der Waals surface area contributed by atoms with Gasteiger partial charge in [-0.25, -0.2) is 4.98 Å². The topological polar surface area (TPSA) is 56.6 Å². The van der Waals surface area contributed by atoms with Crippen LogP contribution in [0.25, 0.3) is 10.9 Å². The van der Waals surface area contributed by atoms with Crippen LogP contribution in [0.4, 0.5) is 0 Å². The highest BCUT2D eigenvalue weighted by Crippen LogP contribution is 2.30. The molecule has 2 heterocycles. The molecule has 0 spiro atoms. The van der Waals surface area contributed by atoms with Gasteiger partial charge in [0.1, 0.15) is 5.82 Å². The molecule has 0 saturated carbocycles. The molecule has 3 rings (SSSR count). The van der Waals surface area contributed by atoms with E-state index in [-0.39, 0.29) is 5.56 Å². The number of ether oxygens (including phenoxy) is 2. The Balaban J connectivity index is 1.94. The van der Waals surface area contributed by atoms with Crippen molar-refractivity contribution in [1.82, 2.24) is 14.5 Å². The smallest absolute Gasteiger partial charge is 0.261 e. The zero-order chi connectivity index (χ0) is 17.1. The second-order valence-corrected chi connectivity index (χ2v) is 6.24. The fraction of sp³-hybridized carbons (Fsp3) is 0.556. The van der Waals surface area contributed by atoms with Crippen molar-refractivity contribution in [3.63, 3.8) is 0 Å². The van der Waals surface area contributed by atoms with Gasteiger partial charge in [0.25, 0.3) is 5.56 Å². The predicted octanol–water partition coefficient (Wildman–Crippen LogP) is 2.21. The third-order valence-electron chi connectivity index (χ3n) is 4.74. The molecule has 0 aliphatic carbocycles. The summed E-state index contributed by atoms with van der Waals surface area (Å²) < 4.78 is 12.4. The maximum atomic E-state index is 12.9. The van der Waals surface area contributed by atoms with E-state index in [1.807, 2.05) is 6.92 Å². The summed E-state index contributed by atoms with van der Waals surface area (Å²) in [6.07, 6.45) is 3.82. The number of piperidine rings is 1. The molecular formula is C18H25N3O3. The van der Waals surface area contributed by atoms with Gasteiger partial charge in [-0.3, -0.25) is 9.36 Å². The van der Waals surface area contributed by atoms with Crippen LogP contribution in [0.3, 0.4) is 0 Å². The van der Waals surface area contributed by atoms with E-state index in [1.54, 1.807) is 30.9 Å². The number of likely N-dealkylation sites (tertiary alicyclic amines) is 1. The monoisotopic (exact) mass is 331 g/mol. The van der Waals surface area contributed by atoms with E-state index >= 15 is 0 Å². The first kappa shape index (κ1) is 16.8. The summed E-state index contributed by atoms with van der Waals surface area (Å²) in [6.45, 7) is 5.69. The van der Waals surface area contributed by atoms with E-state index in [0.717, 1.165) is 25.5 Å². The Morgan fingerprint density at radius 1 is 1.04 bits per heavy atom. The summed E-state index contributed by atoms with van der Waals surface area (Å²) in [7, 11) is 3.15. The Morgan fingerprint density at radius 3 is 2.38 bits per heavy atom. The predicted molar refractivity (Wildman–Crippen MR) is 94.1 cm³/mol. The second kappa shape index (κ2) is 7.21. The molecule has 24 heavy (non-hydrogen) atoms. The largest absolute Gasteiger partial charge is 0.493 e. The molecule has 6 nitrogen and oxygen atoms in total. The Hall–Kier alpha value is -2.08. The van der Waals surface area contributed by atoms with E-state index in [0.29, 0.717) is 28.9 Å². The number of methoxy groups -OCH3 is 2. The van der Waals surface area contributed by atoms with Gasteiger partial charge >= 0.3 is 0 Å². The van der Waals surface area contributed by atoms with Crippen LogP contribution in [-0.4, -0.2) is 48.3 Å². The summed E-state index contributed by atoms with van der Waals surface area (Å²) in [5.41, 5.74) is 0.625. The van der Waals surface area contributed by atoms with E-state index in [2.05, 4.69) is 9.88 Å². The number of rotatable bonds is 5. The molecule has 130 valence electrons. The molecule has 0 bridgehead atoms. The lowest BCUT2D eigenvalue weighted by Crippen LogP contribution is -2.35. The first-order valence-corrected chi connectivity index (χ1v) is 8.49. The summed E-state index contributed by atoms with van der Waals surface area (Å²) in [5.74, 6) is 1.87. The molecule has 0 unspecified atom stereocenters. The number of nitrogens with zero attached hydrogens (tertiary/aromatic N) is 3. The maximum Gasteiger partial charge on any atom is 0.261 e. The van der Waals surface area contributed by atoms with Crippen molar-refractivity contribution in [2.75, 3.05) is 33.9 Å². The van der Waals surface area contributed by atoms with Crippen molar-refractivity contribution in [1.29, 1.82) is 0 Å². The molecule has 2 aromatic rings. The summed E-state index contributed by atoms with van der Waals surface area (Å²) in [6, 6.07) is 3.48. The number of fused-ring (bicyclic) bond motifs is 1. The van der Waals surface area contributed by atoms with Gasteiger partial charge in [0, 0.05) is 19.2 Å². The molecule has 1 aliphatic rings. The Kier molecular flexibility index (Phi) is 5.04. The fourth-order valence-corrected chi connectivity index (χ4v) is 3.35. The number of hydrogen-bond acceptors (Lipinski definition) is 5. The summed E-state index contributed by atoms with van der Waals surface area (Å²) in [4.78, 5) is 19.9. The van der Waals surface area contributed by atoms with E-state index in [4.69, 9.17) is 9.47 Å². The lowest BCUT2D eigenvalue weighted by atomic mass is 10.1. The Bertz CT molecular complexity index is 779. The lowest BCUT2D eigenvalue weighted by Gasteiger charge is -2.26. The minimum absolute atomic E-state index is 0.0181. The molecule has 1 aromatic heterocycles. The van der Waals surface area contributed by atoms with E-state index in [9.17, 15) is 4.79 Å². The first-order chi connectivity index (χ1) is 11.6. The zero-order valence-electron chi connectivity index (χ0n) is 14.7. The van der Waals surface area contributed by atoms with Crippen molar-refractivity contribution in [2.24, 2.45) is 0 Å². The molecule has 1 aromatic carbocycles. The Labute approximate surface area is 142 Å². The van der Waals surface area contributed by atoms with Crippen LogP contribution >= 0.6 is 0 Å². The zero-order valence-corrected chi connectivity index (χ0v) is 14.7. The van der Waals surface area contributed by atoms with Gasteiger partial charge in [0.05, 0.1) is 25.1 Å². The standard InChI is InChI=1S/C18H25N3O3/c1-13-19-15-12-17(24-3)16(23-2)11-14(15)18(22)21(13)10-9-20-7-5-4-6-8-20/h11-12H,4-10H2,1-3H3. The maximum absolute atomic E-state index is 12.9. The minimum Gasteiger partial charge on any atom is -0.493 e. The van der Waals surface area contributed by atoms with Gasteiger partial charge in [-0.15, -0.1) is 0 Å². The van der Waals surface area contributed by atoms with Crippen LogP contribution in [0.1, 0.15) is 25.1 Å². The van der Waals surface area contributed by atoms with Crippen molar-refractivity contribution in [3.8, 4) is 11.5 Å². The van der Waals surface area contributed by atoms with Gasteiger partial charge < -0.3 is 14.4 Å². The SMILES string of the molecule is COc1cc2nc(C)n(CCN3CCCCC3)c(=O)c2cc1OC. The molecule has 6 heteroatoms. The molecule has 0 N–H and O–H groups in total. The van der Waals surface area contributed by atoms with Crippen LogP contribution in [0, 0.1) is 6.92 Å². The van der Waals surface area contributed by atoms with Gasteiger partial charge in [-0.2, -0.15) is 0 Å². The normalized spacial score (nSPS) is 15.6. The molecular weight excluding hydrogens is 306 g/mol. The lowest BCUT2D eigenvalue weighted by molar-refractivity contribution is 0.219. The molecule has 1 saturated heterocycles. The molecule has 0 amide bonds. The van der Waals surface area contributed by atoms with Crippen molar-refractivity contribution >= 4 is 10.9 Å². The number of benzene rings is 1. The van der Waals surface area contributed by atoms with Crippen LogP contribution in [0.5, 0.6) is 11.5 Å². The van der Waals surface area contributed by atoms with Crippen LogP contribution < -0.4 is 15.0 Å². The van der Waals surface area contributed by atoms with Gasteiger partial charge in [-0.05, 0) is 38.9 Å². The van der Waals surface area contributed by atoms with Crippen molar-refractivity contribution in [2.45, 2.75) is 32.7 Å². The van der Waals surface area contributed by atoms with Crippen LogP contribution in [-0.2, 0) is 6.54 Å². The molecule has 0 atom stereocenters. The number of aromatic nitrogens is 2. The summed E-state index contributed by atoms with van der Waals surface area (Å²) >= 11 is 0. The molecule has 1 aliphatic heterocycles.